The minimum absolute atomic E-state index is 0.402. The van der Waals surface area contributed by atoms with Gasteiger partial charge in [-0.05, 0) is 31.2 Å². The predicted molar refractivity (Wildman–Crippen MR) is 59.0 cm³/mol. The van der Waals surface area contributed by atoms with Crippen LogP contribution in [0.5, 0.6) is 0 Å². The van der Waals surface area contributed by atoms with Gasteiger partial charge in [0, 0.05) is 11.6 Å². The summed E-state index contributed by atoms with van der Waals surface area (Å²) in [6, 6.07) is 7.43. The number of hydrogen-bond donors (Lipinski definition) is 1. The standard InChI is InChI=1S/C10H11ClN4/c1-7-10(6-12)13-14-15(7)9-4-2-8(11)3-5-9/h2-5H,6,12H2,1H3. The summed E-state index contributed by atoms with van der Waals surface area (Å²) in [7, 11) is 0. The summed E-state index contributed by atoms with van der Waals surface area (Å²) in [4.78, 5) is 0. The highest BCUT2D eigenvalue weighted by molar-refractivity contribution is 6.30. The average molecular weight is 223 g/mol. The van der Waals surface area contributed by atoms with Crippen LogP contribution in [0.1, 0.15) is 11.4 Å². The fourth-order valence-electron chi connectivity index (χ4n) is 1.38. The molecule has 0 unspecified atom stereocenters. The number of benzene rings is 1. The van der Waals surface area contributed by atoms with Gasteiger partial charge in [0.2, 0.25) is 0 Å². The van der Waals surface area contributed by atoms with E-state index < -0.39 is 0 Å². The summed E-state index contributed by atoms with van der Waals surface area (Å²) in [5, 5.41) is 8.72. The lowest BCUT2D eigenvalue weighted by Crippen LogP contribution is -2.01. The summed E-state index contributed by atoms with van der Waals surface area (Å²) in [6.07, 6.45) is 0. The average Bonchev–Trinajstić information content (AvgIpc) is 2.61. The molecular formula is C10H11ClN4. The summed E-state index contributed by atoms with van der Waals surface area (Å²) in [5.74, 6) is 0. The van der Waals surface area contributed by atoms with E-state index in [1.165, 1.54) is 0 Å². The Hall–Kier alpha value is -1.39. The van der Waals surface area contributed by atoms with Gasteiger partial charge >= 0.3 is 0 Å². The first-order valence-electron chi connectivity index (χ1n) is 4.59. The molecule has 0 spiro atoms. The van der Waals surface area contributed by atoms with Crippen molar-refractivity contribution in [3.63, 3.8) is 0 Å². The van der Waals surface area contributed by atoms with Crippen LogP contribution in [0.4, 0.5) is 0 Å². The van der Waals surface area contributed by atoms with Gasteiger partial charge in [-0.15, -0.1) is 5.10 Å². The van der Waals surface area contributed by atoms with Gasteiger partial charge in [-0.25, -0.2) is 4.68 Å². The van der Waals surface area contributed by atoms with Crippen LogP contribution in [0, 0.1) is 6.92 Å². The van der Waals surface area contributed by atoms with Crippen LogP contribution in [0.3, 0.4) is 0 Å². The summed E-state index contributed by atoms with van der Waals surface area (Å²) in [6.45, 7) is 2.34. The Morgan fingerprint density at radius 1 is 1.33 bits per heavy atom. The van der Waals surface area contributed by atoms with Gasteiger partial charge in [0.15, 0.2) is 0 Å². The lowest BCUT2D eigenvalue weighted by molar-refractivity contribution is 0.783. The van der Waals surface area contributed by atoms with Gasteiger partial charge in [-0.1, -0.05) is 16.8 Å². The van der Waals surface area contributed by atoms with E-state index in [2.05, 4.69) is 10.3 Å². The van der Waals surface area contributed by atoms with E-state index >= 15 is 0 Å². The normalized spacial score (nSPS) is 10.6. The van der Waals surface area contributed by atoms with Gasteiger partial charge < -0.3 is 5.73 Å². The third-order valence-corrected chi connectivity index (χ3v) is 2.51. The number of nitrogens with two attached hydrogens (primary N) is 1. The molecule has 15 heavy (non-hydrogen) atoms. The molecule has 2 rings (SSSR count). The molecule has 78 valence electrons. The third-order valence-electron chi connectivity index (χ3n) is 2.25. The van der Waals surface area contributed by atoms with Crippen LogP contribution in [0.15, 0.2) is 24.3 Å². The predicted octanol–water partition coefficient (Wildman–Crippen LogP) is 1.69. The number of aromatic nitrogens is 3. The first kappa shape index (κ1) is 10.1. The first-order chi connectivity index (χ1) is 7.22. The number of hydrogen-bond acceptors (Lipinski definition) is 3. The van der Waals surface area contributed by atoms with Crippen LogP contribution in [0.2, 0.25) is 5.02 Å². The van der Waals surface area contributed by atoms with Crippen molar-refractivity contribution in [3.05, 3.63) is 40.7 Å². The van der Waals surface area contributed by atoms with Crippen LogP contribution in [-0.2, 0) is 6.54 Å². The molecule has 2 N–H and O–H groups in total. The maximum atomic E-state index is 5.81. The summed E-state index contributed by atoms with van der Waals surface area (Å²) >= 11 is 5.81. The molecule has 2 aromatic rings. The van der Waals surface area contributed by atoms with Crippen molar-refractivity contribution in [1.82, 2.24) is 15.0 Å². The Balaban J connectivity index is 2.45. The monoisotopic (exact) mass is 222 g/mol. The molecule has 0 fully saturated rings. The van der Waals surface area contributed by atoms with Crippen molar-refractivity contribution in [1.29, 1.82) is 0 Å². The molecule has 1 heterocycles. The molecule has 0 radical (unpaired) electrons. The van der Waals surface area contributed by atoms with Crippen molar-refractivity contribution in [3.8, 4) is 5.69 Å². The van der Waals surface area contributed by atoms with Crippen molar-refractivity contribution >= 4 is 11.6 Å². The Morgan fingerprint density at radius 2 is 2.00 bits per heavy atom. The Bertz CT molecular complexity index is 461. The van der Waals surface area contributed by atoms with Crippen LogP contribution in [-0.4, -0.2) is 15.0 Å². The summed E-state index contributed by atoms with van der Waals surface area (Å²) in [5.41, 5.74) is 8.23. The van der Waals surface area contributed by atoms with Gasteiger partial charge in [0.1, 0.15) is 0 Å². The van der Waals surface area contributed by atoms with Crippen molar-refractivity contribution in [2.45, 2.75) is 13.5 Å². The van der Waals surface area contributed by atoms with Crippen LogP contribution < -0.4 is 5.73 Å². The molecular weight excluding hydrogens is 212 g/mol. The second-order valence-electron chi connectivity index (χ2n) is 3.21. The fraction of sp³-hybridized carbons (Fsp3) is 0.200. The van der Waals surface area contributed by atoms with Crippen molar-refractivity contribution < 1.29 is 0 Å². The van der Waals surface area contributed by atoms with E-state index in [1.807, 2.05) is 31.2 Å². The minimum atomic E-state index is 0.402. The largest absolute Gasteiger partial charge is 0.325 e. The zero-order valence-corrected chi connectivity index (χ0v) is 9.07. The zero-order valence-electron chi connectivity index (χ0n) is 8.31. The number of rotatable bonds is 2. The molecule has 0 saturated carbocycles. The highest BCUT2D eigenvalue weighted by Crippen LogP contribution is 2.15. The minimum Gasteiger partial charge on any atom is -0.325 e. The fourth-order valence-corrected chi connectivity index (χ4v) is 1.50. The van der Waals surface area contributed by atoms with Crippen LogP contribution >= 0.6 is 11.6 Å². The molecule has 0 atom stereocenters. The quantitative estimate of drug-likeness (QED) is 0.841. The highest BCUT2D eigenvalue weighted by Gasteiger charge is 2.07. The SMILES string of the molecule is Cc1c(CN)nnn1-c1ccc(Cl)cc1. The molecule has 4 nitrogen and oxygen atoms in total. The molecule has 5 heteroatoms. The second kappa shape index (κ2) is 4.00. The van der Waals surface area contributed by atoms with Gasteiger partial charge in [-0.3, -0.25) is 0 Å². The third kappa shape index (κ3) is 1.86. The smallest absolute Gasteiger partial charge is 0.0996 e. The molecule has 0 amide bonds. The van der Waals surface area contributed by atoms with Gasteiger partial charge in [0.25, 0.3) is 0 Å². The first-order valence-corrected chi connectivity index (χ1v) is 4.97. The molecule has 1 aromatic carbocycles. The number of nitrogens with zero attached hydrogens (tertiary/aromatic N) is 3. The molecule has 0 bridgehead atoms. The maximum Gasteiger partial charge on any atom is 0.0996 e. The van der Waals surface area contributed by atoms with Gasteiger partial charge in [-0.2, -0.15) is 0 Å². The Morgan fingerprint density at radius 3 is 2.53 bits per heavy atom. The van der Waals surface area contributed by atoms with Crippen molar-refractivity contribution in [2.75, 3.05) is 0 Å². The second-order valence-corrected chi connectivity index (χ2v) is 3.65. The lowest BCUT2D eigenvalue weighted by atomic mass is 10.3. The Kier molecular flexibility index (Phi) is 2.70. The van der Waals surface area contributed by atoms with Gasteiger partial charge in [0.05, 0.1) is 17.1 Å². The van der Waals surface area contributed by atoms with E-state index in [9.17, 15) is 0 Å². The molecule has 1 aromatic heterocycles. The van der Waals surface area contributed by atoms with Crippen molar-refractivity contribution in [2.24, 2.45) is 5.73 Å². The molecule has 0 aliphatic rings. The molecule has 0 saturated heterocycles. The van der Waals surface area contributed by atoms with Crippen LogP contribution in [0.25, 0.3) is 5.69 Å². The maximum absolute atomic E-state index is 5.81. The Labute approximate surface area is 92.7 Å². The van der Waals surface area contributed by atoms with E-state index in [0.29, 0.717) is 11.6 Å². The van der Waals surface area contributed by atoms with E-state index in [4.69, 9.17) is 17.3 Å². The van der Waals surface area contributed by atoms with E-state index in [1.54, 1.807) is 4.68 Å². The zero-order chi connectivity index (χ0) is 10.8. The molecule has 0 aliphatic heterocycles. The van der Waals surface area contributed by atoms with E-state index in [-0.39, 0.29) is 0 Å². The lowest BCUT2D eigenvalue weighted by Gasteiger charge is -2.02. The topological polar surface area (TPSA) is 56.7 Å². The van der Waals surface area contributed by atoms with E-state index in [0.717, 1.165) is 17.1 Å². The number of halogens is 1. The summed E-state index contributed by atoms with van der Waals surface area (Å²) < 4.78 is 1.75. The molecule has 0 aliphatic carbocycles. The highest BCUT2D eigenvalue weighted by atomic mass is 35.5.